The normalized spacial score (nSPS) is 22.2. The molecule has 4 aromatic carbocycles. The second-order valence-corrected chi connectivity index (χ2v) is 9.99. The van der Waals surface area contributed by atoms with Crippen molar-refractivity contribution in [3.8, 4) is 11.5 Å². The molecule has 200 valence electrons. The molecular weight excluding hydrogens is 500 g/mol. The summed E-state index contributed by atoms with van der Waals surface area (Å²) in [6.07, 6.45) is 1.38. The van der Waals surface area contributed by atoms with Crippen molar-refractivity contribution in [3.05, 3.63) is 132 Å². The Labute approximate surface area is 233 Å². The van der Waals surface area contributed by atoms with Crippen molar-refractivity contribution < 1.29 is 19.4 Å². The Morgan fingerprint density at radius 1 is 0.825 bits per heavy atom. The summed E-state index contributed by atoms with van der Waals surface area (Å²) in [6, 6.07) is 34.5. The summed E-state index contributed by atoms with van der Waals surface area (Å²) in [7, 11) is 3.25. The van der Waals surface area contributed by atoms with Gasteiger partial charge in [-0.05, 0) is 53.5 Å². The molecule has 1 N–H and O–H groups in total. The van der Waals surface area contributed by atoms with Crippen molar-refractivity contribution in [2.75, 3.05) is 19.2 Å². The lowest BCUT2D eigenvalue weighted by Crippen LogP contribution is -2.52. The number of aliphatic hydroxyl groups is 1. The highest BCUT2D eigenvalue weighted by molar-refractivity contribution is 6.32. The van der Waals surface area contributed by atoms with Gasteiger partial charge in [0, 0.05) is 11.5 Å². The maximum atomic E-state index is 14.7. The fraction of sp³-hybridized carbons (Fsp3) is 0.176. The van der Waals surface area contributed by atoms with Crippen LogP contribution >= 0.6 is 0 Å². The minimum atomic E-state index is -1.45. The molecule has 1 spiro atoms. The van der Waals surface area contributed by atoms with Crippen molar-refractivity contribution in [1.29, 1.82) is 0 Å². The van der Waals surface area contributed by atoms with E-state index in [0.717, 1.165) is 22.4 Å². The Bertz CT molecular complexity index is 1580. The summed E-state index contributed by atoms with van der Waals surface area (Å²) in [5, 5.41) is 18.6. The van der Waals surface area contributed by atoms with Crippen molar-refractivity contribution in [2.45, 2.75) is 18.4 Å². The van der Waals surface area contributed by atoms with Crippen LogP contribution in [0, 0.1) is 5.41 Å². The number of aliphatic hydroxyl groups excluding tert-OH is 1. The molecule has 1 aliphatic carbocycles. The molecule has 1 aliphatic heterocycles. The zero-order valence-corrected chi connectivity index (χ0v) is 22.4. The first-order valence-electron chi connectivity index (χ1n) is 13.3. The summed E-state index contributed by atoms with van der Waals surface area (Å²) < 4.78 is 11.1. The number of anilines is 1. The third-order valence-electron chi connectivity index (χ3n) is 7.86. The van der Waals surface area contributed by atoms with Crippen LogP contribution in [0.15, 0.2) is 120 Å². The lowest BCUT2D eigenvalue weighted by atomic mass is 9.61. The number of amides is 1. The first-order chi connectivity index (χ1) is 19.6. The minimum absolute atomic E-state index is 0.151. The number of allylic oxidation sites excluding steroid dienone is 1. The predicted molar refractivity (Wildman–Crippen MR) is 157 cm³/mol. The summed E-state index contributed by atoms with van der Waals surface area (Å²) >= 11 is 0. The van der Waals surface area contributed by atoms with Crippen LogP contribution in [0.1, 0.15) is 29.0 Å². The van der Waals surface area contributed by atoms with E-state index in [-0.39, 0.29) is 11.8 Å². The van der Waals surface area contributed by atoms with Crippen LogP contribution in [0.5, 0.6) is 11.5 Å². The summed E-state index contributed by atoms with van der Waals surface area (Å²) in [5.74, 6) is 0.931. The van der Waals surface area contributed by atoms with E-state index in [4.69, 9.17) is 14.6 Å². The van der Waals surface area contributed by atoms with Gasteiger partial charge in [0.25, 0.3) is 5.91 Å². The Balaban J connectivity index is 1.61. The molecule has 0 unspecified atom stereocenters. The number of nitrogens with zero attached hydrogens (tertiary/aromatic N) is 2. The number of carbonyl (C=O) groups is 1. The van der Waals surface area contributed by atoms with Gasteiger partial charge in [-0.15, -0.1) is 0 Å². The van der Waals surface area contributed by atoms with Gasteiger partial charge in [-0.2, -0.15) is 10.1 Å². The van der Waals surface area contributed by atoms with Gasteiger partial charge >= 0.3 is 0 Å². The van der Waals surface area contributed by atoms with Crippen LogP contribution < -0.4 is 14.5 Å². The van der Waals surface area contributed by atoms with E-state index in [0.29, 0.717) is 29.1 Å². The maximum Gasteiger partial charge on any atom is 0.266 e. The monoisotopic (exact) mass is 530 g/mol. The van der Waals surface area contributed by atoms with E-state index in [1.165, 1.54) is 5.01 Å². The molecule has 2 aliphatic rings. The van der Waals surface area contributed by atoms with Crippen molar-refractivity contribution >= 4 is 22.9 Å². The van der Waals surface area contributed by atoms with Gasteiger partial charge < -0.3 is 14.6 Å². The van der Waals surface area contributed by atoms with Crippen LogP contribution in [-0.4, -0.2) is 37.0 Å². The fourth-order valence-corrected chi connectivity index (χ4v) is 5.91. The first-order valence-corrected chi connectivity index (χ1v) is 13.3. The van der Waals surface area contributed by atoms with Crippen LogP contribution in [-0.2, 0) is 4.79 Å². The number of hydrazone groups is 1. The van der Waals surface area contributed by atoms with Gasteiger partial charge in [-0.25, -0.2) is 0 Å². The number of methoxy groups -OCH3 is 2. The predicted octanol–water partition coefficient (Wildman–Crippen LogP) is 6.07. The third-order valence-corrected chi connectivity index (χ3v) is 7.86. The highest BCUT2D eigenvalue weighted by Crippen LogP contribution is 2.55. The molecule has 0 fully saturated rings. The van der Waals surface area contributed by atoms with Crippen LogP contribution in [0.4, 0.5) is 5.69 Å². The Morgan fingerprint density at radius 2 is 1.48 bits per heavy atom. The molecule has 0 saturated carbocycles. The Hall–Kier alpha value is -4.68. The van der Waals surface area contributed by atoms with Crippen molar-refractivity contribution in [3.63, 3.8) is 0 Å². The average molecular weight is 531 g/mol. The second kappa shape index (κ2) is 10.5. The number of rotatable bonds is 6. The van der Waals surface area contributed by atoms with Crippen LogP contribution in [0.25, 0.3) is 5.57 Å². The number of hydrogen-bond acceptors (Lipinski definition) is 5. The van der Waals surface area contributed by atoms with E-state index in [1.54, 1.807) is 14.2 Å². The molecule has 0 aromatic heterocycles. The zero-order valence-electron chi connectivity index (χ0n) is 22.4. The van der Waals surface area contributed by atoms with Crippen LogP contribution in [0.2, 0.25) is 0 Å². The smallest absolute Gasteiger partial charge is 0.266 e. The lowest BCUT2D eigenvalue weighted by Gasteiger charge is -2.42. The van der Waals surface area contributed by atoms with Gasteiger partial charge in [0.05, 0.1) is 31.7 Å². The topological polar surface area (TPSA) is 71.4 Å². The number of hydrogen-bond donors (Lipinski definition) is 1. The molecule has 0 bridgehead atoms. The van der Waals surface area contributed by atoms with Crippen molar-refractivity contribution in [1.82, 2.24) is 0 Å². The highest BCUT2D eigenvalue weighted by atomic mass is 16.5. The van der Waals surface area contributed by atoms with Gasteiger partial charge in [-0.1, -0.05) is 84.9 Å². The van der Waals surface area contributed by atoms with E-state index in [2.05, 4.69) is 6.08 Å². The summed E-state index contributed by atoms with van der Waals surface area (Å²) in [4.78, 5) is 14.7. The standard InChI is InChI=1S/C34H30N2O4/c1-39-27-19-17-23(18-20-27)25-21-29(28-15-9-10-16-30(28)40-2)34(31(37)22-25)32(24-11-5-3-6-12-24)35-36(33(34)38)26-13-7-4-8-14-26/h3-21,25,31,37H,22H2,1-2H3/t25-,31-,34+/m0/s1. The second-order valence-electron chi connectivity index (χ2n) is 9.99. The van der Waals surface area contributed by atoms with Crippen LogP contribution in [0.3, 0.4) is 0 Å². The third kappa shape index (κ3) is 4.08. The summed E-state index contributed by atoms with van der Waals surface area (Å²) in [5.41, 5.74) is 2.92. The molecule has 1 heterocycles. The highest BCUT2D eigenvalue weighted by Gasteiger charge is 2.61. The average Bonchev–Trinajstić information content (AvgIpc) is 3.32. The zero-order chi connectivity index (χ0) is 27.7. The molecule has 0 radical (unpaired) electrons. The molecule has 6 nitrogen and oxygen atoms in total. The van der Waals surface area contributed by atoms with E-state index >= 15 is 0 Å². The van der Waals surface area contributed by atoms with Gasteiger partial charge in [0.15, 0.2) is 0 Å². The SMILES string of the molecule is COc1ccc([C@H]2C=C(c3ccccc3OC)[C@@]3(C(=O)N(c4ccccc4)N=C3c3ccccc3)[C@@H](O)C2)cc1. The number of carbonyl (C=O) groups excluding carboxylic acids is 1. The number of ether oxygens (including phenoxy) is 2. The van der Waals surface area contributed by atoms with Gasteiger partial charge in [-0.3, -0.25) is 4.79 Å². The first kappa shape index (κ1) is 25.6. The fourth-order valence-electron chi connectivity index (χ4n) is 5.91. The molecule has 40 heavy (non-hydrogen) atoms. The minimum Gasteiger partial charge on any atom is -0.497 e. The molecule has 6 rings (SSSR count). The Morgan fingerprint density at radius 3 is 2.15 bits per heavy atom. The van der Waals surface area contributed by atoms with Gasteiger partial charge in [0.1, 0.15) is 16.9 Å². The molecule has 6 heteroatoms. The molecule has 0 saturated heterocycles. The molecule has 3 atom stereocenters. The molecule has 1 amide bonds. The number of benzene rings is 4. The Kier molecular flexibility index (Phi) is 6.70. The largest absolute Gasteiger partial charge is 0.497 e. The van der Waals surface area contributed by atoms with E-state index in [9.17, 15) is 9.90 Å². The molecule has 4 aromatic rings. The van der Waals surface area contributed by atoms with Crippen molar-refractivity contribution in [2.24, 2.45) is 10.5 Å². The number of para-hydroxylation sites is 2. The van der Waals surface area contributed by atoms with E-state index in [1.807, 2.05) is 109 Å². The quantitative estimate of drug-likeness (QED) is 0.328. The summed E-state index contributed by atoms with van der Waals surface area (Å²) in [6.45, 7) is 0. The maximum absolute atomic E-state index is 14.7. The van der Waals surface area contributed by atoms with Gasteiger partial charge in [0.2, 0.25) is 0 Å². The lowest BCUT2D eigenvalue weighted by molar-refractivity contribution is -0.125. The molecular formula is C34H30N2O4. The van der Waals surface area contributed by atoms with E-state index < -0.39 is 11.5 Å².